The summed E-state index contributed by atoms with van der Waals surface area (Å²) in [5.41, 5.74) is 0.948. The van der Waals surface area contributed by atoms with E-state index in [0.717, 1.165) is 4.31 Å². The van der Waals surface area contributed by atoms with Gasteiger partial charge >= 0.3 is 7.12 Å². The third-order valence-corrected chi connectivity index (χ3v) is 3.99. The Bertz CT molecular complexity index is 441. The van der Waals surface area contributed by atoms with Crippen LogP contribution in [0.5, 0.6) is 0 Å². The zero-order valence-electron chi connectivity index (χ0n) is 9.16. The average Bonchev–Trinajstić information content (AvgIpc) is 2.17. The Hall–Kier alpha value is -0.885. The van der Waals surface area contributed by atoms with Gasteiger partial charge in [-0.1, -0.05) is 24.3 Å². The Labute approximate surface area is 95.5 Å². The minimum atomic E-state index is -3.28. The van der Waals surface area contributed by atoms with Gasteiger partial charge in [-0.2, -0.15) is 0 Å². The Balaban J connectivity index is 2.85. The smallest absolute Gasteiger partial charge is 0.423 e. The summed E-state index contributed by atoms with van der Waals surface area (Å²) >= 11 is 0. The van der Waals surface area contributed by atoms with Crippen molar-refractivity contribution in [3.8, 4) is 0 Å². The number of hydrogen-bond acceptors (Lipinski definition) is 4. The predicted molar refractivity (Wildman–Crippen MR) is 62.6 cm³/mol. The van der Waals surface area contributed by atoms with E-state index in [-0.39, 0.29) is 5.75 Å². The second-order valence-electron chi connectivity index (χ2n) is 3.65. The van der Waals surface area contributed by atoms with Crippen molar-refractivity contribution < 1.29 is 18.5 Å². The summed E-state index contributed by atoms with van der Waals surface area (Å²) in [5.74, 6) is -0.0954. The maximum Gasteiger partial charge on any atom is 0.488 e. The lowest BCUT2D eigenvalue weighted by molar-refractivity contribution is 0.426. The molecule has 0 aliphatic carbocycles. The van der Waals surface area contributed by atoms with Gasteiger partial charge in [0.15, 0.2) is 0 Å². The molecule has 88 valence electrons. The van der Waals surface area contributed by atoms with Crippen molar-refractivity contribution in [3.63, 3.8) is 0 Å². The van der Waals surface area contributed by atoms with Crippen molar-refractivity contribution in [3.05, 3.63) is 29.8 Å². The van der Waals surface area contributed by atoms with Gasteiger partial charge in [0, 0.05) is 14.1 Å². The molecule has 0 aliphatic rings. The minimum Gasteiger partial charge on any atom is -0.423 e. The monoisotopic (exact) mass is 243 g/mol. The average molecular weight is 243 g/mol. The van der Waals surface area contributed by atoms with Gasteiger partial charge in [-0.25, -0.2) is 12.7 Å². The van der Waals surface area contributed by atoms with E-state index in [9.17, 15) is 8.42 Å². The van der Waals surface area contributed by atoms with E-state index < -0.39 is 17.1 Å². The fourth-order valence-corrected chi connectivity index (χ4v) is 2.00. The first-order chi connectivity index (χ1) is 7.33. The number of nitrogens with zero attached hydrogens (tertiary/aromatic N) is 1. The predicted octanol–water partition coefficient (Wildman–Crippen LogP) is -1.24. The van der Waals surface area contributed by atoms with Gasteiger partial charge in [-0.3, -0.25) is 0 Å². The molecule has 0 radical (unpaired) electrons. The first kappa shape index (κ1) is 13.2. The number of rotatable bonds is 4. The molecule has 0 saturated carbocycles. The van der Waals surface area contributed by atoms with Crippen LogP contribution in [0.4, 0.5) is 0 Å². The third-order valence-electron chi connectivity index (χ3n) is 2.18. The fourth-order valence-electron chi connectivity index (χ4n) is 1.13. The van der Waals surface area contributed by atoms with Crippen LogP contribution in [0.2, 0.25) is 0 Å². The summed E-state index contributed by atoms with van der Waals surface area (Å²) in [7, 11) is -1.86. The molecule has 0 saturated heterocycles. The van der Waals surface area contributed by atoms with Crippen molar-refractivity contribution in [2.45, 2.75) is 5.75 Å². The van der Waals surface area contributed by atoms with Crippen LogP contribution in [0.1, 0.15) is 5.56 Å². The second-order valence-corrected chi connectivity index (χ2v) is 5.84. The summed E-state index contributed by atoms with van der Waals surface area (Å²) in [4.78, 5) is 0. The van der Waals surface area contributed by atoms with Crippen LogP contribution >= 0.6 is 0 Å². The van der Waals surface area contributed by atoms with E-state index in [4.69, 9.17) is 10.0 Å². The Morgan fingerprint density at radius 1 is 1.19 bits per heavy atom. The molecule has 0 amide bonds. The lowest BCUT2D eigenvalue weighted by Crippen LogP contribution is -2.29. The Morgan fingerprint density at radius 2 is 1.69 bits per heavy atom. The summed E-state index contributed by atoms with van der Waals surface area (Å²) < 4.78 is 24.2. The fraction of sp³-hybridized carbons (Fsp3) is 0.333. The molecule has 0 bridgehead atoms. The van der Waals surface area contributed by atoms with E-state index in [1.165, 1.54) is 26.2 Å². The van der Waals surface area contributed by atoms with Crippen LogP contribution in [-0.2, 0) is 15.8 Å². The van der Waals surface area contributed by atoms with E-state index in [2.05, 4.69) is 0 Å². The molecule has 2 N–H and O–H groups in total. The lowest BCUT2D eigenvalue weighted by atomic mass is 9.80. The largest absolute Gasteiger partial charge is 0.488 e. The molecular formula is C9H14BNO4S. The molecule has 0 unspecified atom stereocenters. The second kappa shape index (κ2) is 4.96. The molecule has 16 heavy (non-hydrogen) atoms. The number of benzene rings is 1. The SMILES string of the molecule is CN(C)S(=O)(=O)Cc1ccc(B(O)O)cc1. The highest BCUT2D eigenvalue weighted by atomic mass is 32.2. The van der Waals surface area contributed by atoms with Crippen molar-refractivity contribution in [1.29, 1.82) is 0 Å². The molecular weight excluding hydrogens is 229 g/mol. The molecule has 5 nitrogen and oxygen atoms in total. The van der Waals surface area contributed by atoms with Gasteiger partial charge < -0.3 is 10.0 Å². The summed E-state index contributed by atoms with van der Waals surface area (Å²) in [6, 6.07) is 6.11. The normalized spacial score (nSPS) is 11.8. The highest BCUT2D eigenvalue weighted by Gasteiger charge is 2.15. The van der Waals surface area contributed by atoms with Crippen molar-refractivity contribution in [2.75, 3.05) is 14.1 Å². The van der Waals surface area contributed by atoms with E-state index in [1.54, 1.807) is 12.1 Å². The van der Waals surface area contributed by atoms with Crippen LogP contribution in [0.3, 0.4) is 0 Å². The van der Waals surface area contributed by atoms with E-state index in [1.807, 2.05) is 0 Å². The molecule has 1 rings (SSSR count). The van der Waals surface area contributed by atoms with Crippen LogP contribution in [0, 0.1) is 0 Å². The molecule has 0 heterocycles. The highest BCUT2D eigenvalue weighted by Crippen LogP contribution is 2.06. The molecule has 0 aromatic heterocycles. The van der Waals surface area contributed by atoms with Gasteiger partial charge in [-0.05, 0) is 11.0 Å². The zero-order chi connectivity index (χ0) is 12.3. The summed E-state index contributed by atoms with van der Waals surface area (Å²) in [6.07, 6.45) is 0. The molecule has 0 atom stereocenters. The minimum absolute atomic E-state index is 0.0954. The van der Waals surface area contributed by atoms with Crippen LogP contribution in [0.15, 0.2) is 24.3 Å². The maximum atomic E-state index is 11.5. The van der Waals surface area contributed by atoms with Gasteiger partial charge in [0.2, 0.25) is 10.0 Å². The topological polar surface area (TPSA) is 77.8 Å². The lowest BCUT2D eigenvalue weighted by Gasteiger charge is -2.11. The standard InChI is InChI=1S/C9H14BNO4S/c1-11(2)16(14,15)7-8-3-5-9(6-4-8)10(12)13/h3-6,12-13H,7H2,1-2H3. The molecule has 0 spiro atoms. The molecule has 0 aliphatic heterocycles. The zero-order valence-corrected chi connectivity index (χ0v) is 9.98. The highest BCUT2D eigenvalue weighted by molar-refractivity contribution is 7.88. The first-order valence-corrected chi connectivity index (χ1v) is 6.29. The number of hydrogen-bond donors (Lipinski definition) is 2. The summed E-state index contributed by atoms with van der Waals surface area (Å²) in [6.45, 7) is 0. The van der Waals surface area contributed by atoms with Gasteiger partial charge in [0.25, 0.3) is 0 Å². The maximum absolute atomic E-state index is 11.5. The molecule has 1 aromatic carbocycles. The molecule has 0 fully saturated rings. The van der Waals surface area contributed by atoms with Crippen molar-refractivity contribution in [1.82, 2.24) is 4.31 Å². The van der Waals surface area contributed by atoms with Crippen molar-refractivity contribution in [2.24, 2.45) is 0 Å². The quantitative estimate of drug-likeness (QED) is 0.648. The van der Waals surface area contributed by atoms with Gasteiger partial charge in [0.05, 0.1) is 5.75 Å². The Kier molecular flexibility index (Phi) is 4.09. The van der Waals surface area contributed by atoms with Crippen molar-refractivity contribution >= 4 is 22.6 Å². The Morgan fingerprint density at radius 3 is 2.06 bits per heavy atom. The molecule has 1 aromatic rings. The third kappa shape index (κ3) is 3.31. The molecule has 7 heteroatoms. The summed E-state index contributed by atoms with van der Waals surface area (Å²) in [5, 5.41) is 17.7. The van der Waals surface area contributed by atoms with Gasteiger partial charge in [-0.15, -0.1) is 0 Å². The first-order valence-electron chi connectivity index (χ1n) is 4.68. The van der Waals surface area contributed by atoms with Crippen LogP contribution in [-0.4, -0.2) is 44.0 Å². The van der Waals surface area contributed by atoms with Gasteiger partial charge in [0.1, 0.15) is 0 Å². The van der Waals surface area contributed by atoms with E-state index >= 15 is 0 Å². The van der Waals surface area contributed by atoms with Crippen LogP contribution in [0.25, 0.3) is 0 Å². The number of sulfonamides is 1. The van der Waals surface area contributed by atoms with Crippen LogP contribution < -0.4 is 5.46 Å². The van der Waals surface area contributed by atoms with E-state index in [0.29, 0.717) is 11.0 Å².